The molecule has 6 rings (SSSR count). The number of allylic oxidation sites excluding steroid dienone is 1. The number of benzene rings is 2. The Balaban J connectivity index is 1.47. The van der Waals surface area contributed by atoms with Crippen molar-refractivity contribution in [3.05, 3.63) is 69.7 Å². The van der Waals surface area contributed by atoms with E-state index in [0.717, 1.165) is 25.2 Å². The number of nitrogens with zero attached hydrogens (tertiary/aromatic N) is 3. The number of phenols is 1. The van der Waals surface area contributed by atoms with Crippen LogP contribution in [0.1, 0.15) is 40.7 Å². The second-order valence-electron chi connectivity index (χ2n) is 13.2. The van der Waals surface area contributed by atoms with Crippen molar-refractivity contribution in [1.29, 1.82) is 0 Å². The molecule has 4 atom stereocenters. The number of hydrogen-bond donors (Lipinski definition) is 5. The van der Waals surface area contributed by atoms with Gasteiger partial charge in [-0.1, -0.05) is 24.3 Å². The standard InChI is InChI=1S/C34H40N4O7/c1-36(2)23-15-20(18-9-7-17(8-10-18)16-38-11-5-6-12-38)28(39)25-21(23)13-19-14-22-27(37(3)4)30(41)26(33(35)44)32(43)34(22,45)31(42)24(19)29(25)40/h7-10,15,19,22,27,39,41-42,45H,5-6,11-14,16H2,1-4H3,(H2,35,44). The molecule has 2 aromatic rings. The molecular formula is C34H40N4O7. The molecule has 11 nitrogen and oxygen atoms in total. The number of likely N-dealkylation sites (N-methyl/N-ethyl adjacent to an activating group) is 1. The molecule has 0 bridgehead atoms. The highest BCUT2D eigenvalue weighted by Crippen LogP contribution is 2.54. The summed E-state index contributed by atoms with van der Waals surface area (Å²) < 4.78 is 0. The van der Waals surface area contributed by atoms with E-state index in [1.165, 1.54) is 17.7 Å². The van der Waals surface area contributed by atoms with Gasteiger partial charge in [0.1, 0.15) is 22.8 Å². The van der Waals surface area contributed by atoms with E-state index in [4.69, 9.17) is 5.73 Å². The number of rotatable bonds is 6. The van der Waals surface area contributed by atoms with E-state index in [-0.39, 0.29) is 29.7 Å². The van der Waals surface area contributed by atoms with Crippen LogP contribution in [0, 0.1) is 11.8 Å². The van der Waals surface area contributed by atoms with Crippen LogP contribution in [0.15, 0.2) is 53.0 Å². The van der Waals surface area contributed by atoms with Gasteiger partial charge in [-0.25, -0.2) is 0 Å². The SMILES string of the molecule is CN(C)c1cc(-c2ccc(CN3CCCC3)cc2)c(O)c2c1CC1CC3C(N(C)C)C(O)=C(C(N)=O)C(=O)C3(O)C(O)=C1C2=O. The molecule has 1 heterocycles. The molecule has 6 N–H and O–H groups in total. The number of primary amides is 1. The average molecular weight is 617 g/mol. The largest absolute Gasteiger partial charge is 0.510 e. The number of phenolic OH excluding ortho intramolecular Hbond substituents is 1. The molecular weight excluding hydrogens is 576 g/mol. The third-order valence-electron chi connectivity index (χ3n) is 10.1. The summed E-state index contributed by atoms with van der Waals surface area (Å²) in [7, 11) is 6.91. The first-order valence-electron chi connectivity index (χ1n) is 15.3. The first-order valence-corrected chi connectivity index (χ1v) is 15.3. The first kappa shape index (κ1) is 30.8. The summed E-state index contributed by atoms with van der Waals surface area (Å²) >= 11 is 0. The van der Waals surface area contributed by atoms with Gasteiger partial charge in [0.15, 0.2) is 11.4 Å². The smallest absolute Gasteiger partial charge is 0.255 e. The summed E-state index contributed by atoms with van der Waals surface area (Å²) in [5.41, 5.74) is 5.36. The number of aliphatic hydroxyl groups is 3. The zero-order valence-electron chi connectivity index (χ0n) is 26.0. The number of hydrogen-bond acceptors (Lipinski definition) is 10. The second kappa shape index (κ2) is 11.0. The number of aliphatic hydroxyl groups excluding tert-OH is 2. The minimum atomic E-state index is -2.67. The molecule has 238 valence electrons. The fourth-order valence-electron chi connectivity index (χ4n) is 7.91. The molecule has 0 saturated carbocycles. The predicted molar refractivity (Wildman–Crippen MR) is 168 cm³/mol. The van der Waals surface area contributed by atoms with Crippen molar-refractivity contribution in [3.63, 3.8) is 0 Å². The molecule has 1 aliphatic heterocycles. The number of Topliss-reactive ketones (excluding diaryl/α,β-unsaturated/α-hetero) is 2. The van der Waals surface area contributed by atoms with E-state index >= 15 is 0 Å². The van der Waals surface area contributed by atoms with Crippen molar-refractivity contribution < 1.29 is 34.8 Å². The van der Waals surface area contributed by atoms with Gasteiger partial charge in [-0.2, -0.15) is 0 Å². The molecule has 1 saturated heterocycles. The number of fused-ring (bicyclic) bond motifs is 3. The van der Waals surface area contributed by atoms with E-state index in [1.807, 2.05) is 49.3 Å². The topological polar surface area (TPSA) is 168 Å². The number of nitrogens with two attached hydrogens (primary N) is 1. The predicted octanol–water partition coefficient (Wildman–Crippen LogP) is 2.45. The van der Waals surface area contributed by atoms with Gasteiger partial charge in [-0.3, -0.25) is 24.2 Å². The maximum absolute atomic E-state index is 14.3. The lowest BCUT2D eigenvalue weighted by molar-refractivity contribution is -0.148. The van der Waals surface area contributed by atoms with Crippen LogP contribution in [-0.2, 0) is 22.6 Å². The van der Waals surface area contributed by atoms with Gasteiger partial charge in [0.25, 0.3) is 5.91 Å². The van der Waals surface area contributed by atoms with Crippen molar-refractivity contribution >= 4 is 23.2 Å². The monoisotopic (exact) mass is 616 g/mol. The highest BCUT2D eigenvalue weighted by molar-refractivity contribution is 6.25. The van der Waals surface area contributed by atoms with E-state index in [0.29, 0.717) is 22.4 Å². The van der Waals surface area contributed by atoms with Crippen molar-refractivity contribution in [2.45, 2.75) is 43.9 Å². The summed E-state index contributed by atoms with van der Waals surface area (Å²) in [4.78, 5) is 45.9. The maximum atomic E-state index is 14.3. The van der Waals surface area contributed by atoms with Crippen LogP contribution in [0.4, 0.5) is 5.69 Å². The Labute approximate surface area is 261 Å². The van der Waals surface area contributed by atoms with E-state index in [9.17, 15) is 34.8 Å². The molecule has 0 radical (unpaired) electrons. The van der Waals surface area contributed by atoms with Crippen LogP contribution in [-0.4, -0.2) is 101 Å². The normalized spacial score (nSPS) is 26.7. The number of likely N-dealkylation sites (tertiary alicyclic amines) is 1. The molecule has 11 heteroatoms. The van der Waals surface area contributed by atoms with E-state index in [1.54, 1.807) is 14.1 Å². The average Bonchev–Trinajstić information content (AvgIpc) is 3.48. The fourth-order valence-corrected chi connectivity index (χ4v) is 7.91. The fraction of sp³-hybridized carbons (Fsp3) is 0.441. The van der Waals surface area contributed by atoms with Crippen LogP contribution in [0.5, 0.6) is 5.75 Å². The Bertz CT molecular complexity index is 1670. The number of aromatic hydroxyl groups is 1. The number of amides is 1. The maximum Gasteiger partial charge on any atom is 0.255 e. The summed E-state index contributed by atoms with van der Waals surface area (Å²) in [5.74, 6) is -6.62. The Morgan fingerprint density at radius 3 is 2.27 bits per heavy atom. The van der Waals surface area contributed by atoms with Crippen LogP contribution < -0.4 is 10.6 Å². The van der Waals surface area contributed by atoms with Gasteiger partial charge in [0.05, 0.1) is 11.6 Å². The third kappa shape index (κ3) is 4.63. The zero-order valence-corrected chi connectivity index (χ0v) is 26.0. The molecule has 45 heavy (non-hydrogen) atoms. The minimum Gasteiger partial charge on any atom is -0.510 e. The highest BCUT2D eigenvalue weighted by Gasteiger charge is 2.63. The van der Waals surface area contributed by atoms with Crippen molar-refractivity contribution in [2.75, 3.05) is 46.2 Å². The van der Waals surface area contributed by atoms with Gasteiger partial charge >= 0.3 is 0 Å². The summed E-state index contributed by atoms with van der Waals surface area (Å²) in [5, 5.41) is 46.2. The van der Waals surface area contributed by atoms with Crippen molar-refractivity contribution in [1.82, 2.24) is 9.80 Å². The van der Waals surface area contributed by atoms with Crippen molar-refractivity contribution in [2.24, 2.45) is 17.6 Å². The Morgan fingerprint density at radius 2 is 1.69 bits per heavy atom. The van der Waals surface area contributed by atoms with E-state index < -0.39 is 58.0 Å². The molecule has 1 fully saturated rings. The molecule has 0 spiro atoms. The van der Waals surface area contributed by atoms with Crippen LogP contribution in [0.3, 0.4) is 0 Å². The summed E-state index contributed by atoms with van der Waals surface area (Å²) in [6.45, 7) is 2.99. The Morgan fingerprint density at radius 1 is 1.04 bits per heavy atom. The summed E-state index contributed by atoms with van der Waals surface area (Å²) in [6, 6.07) is 8.68. The van der Waals surface area contributed by atoms with Gasteiger partial charge < -0.3 is 31.1 Å². The van der Waals surface area contributed by atoms with E-state index in [2.05, 4.69) is 4.90 Å². The molecule has 0 aromatic heterocycles. The van der Waals surface area contributed by atoms with Gasteiger partial charge in [0.2, 0.25) is 5.78 Å². The van der Waals surface area contributed by atoms with Crippen LogP contribution in [0.25, 0.3) is 11.1 Å². The van der Waals surface area contributed by atoms with Crippen molar-refractivity contribution in [3.8, 4) is 16.9 Å². The zero-order chi connectivity index (χ0) is 32.5. The molecule has 3 aliphatic carbocycles. The molecule has 4 unspecified atom stereocenters. The number of ketones is 2. The Hall–Kier alpha value is -4.19. The first-order chi connectivity index (χ1) is 21.3. The number of carbonyl (C=O) groups excluding carboxylic acids is 3. The minimum absolute atomic E-state index is 0.00174. The quantitative estimate of drug-likeness (QED) is 0.304. The molecule has 2 aromatic carbocycles. The van der Waals surface area contributed by atoms with Crippen LogP contribution in [0.2, 0.25) is 0 Å². The Kier molecular flexibility index (Phi) is 7.54. The number of carbonyl (C=O) groups is 3. The lowest BCUT2D eigenvalue weighted by Gasteiger charge is -2.50. The lowest BCUT2D eigenvalue weighted by Crippen LogP contribution is -2.63. The number of anilines is 1. The molecule has 1 amide bonds. The van der Waals surface area contributed by atoms with Gasteiger partial charge in [-0.05, 0) is 81.5 Å². The summed E-state index contributed by atoms with van der Waals surface area (Å²) in [6.07, 6.45) is 2.66. The van der Waals surface area contributed by atoms with Gasteiger partial charge in [0, 0.05) is 43.4 Å². The molecule has 4 aliphatic rings. The lowest BCUT2D eigenvalue weighted by atomic mass is 9.58. The van der Waals surface area contributed by atoms with Gasteiger partial charge in [-0.15, -0.1) is 0 Å². The highest BCUT2D eigenvalue weighted by atomic mass is 16.3. The second-order valence-corrected chi connectivity index (χ2v) is 13.2. The third-order valence-corrected chi connectivity index (χ3v) is 10.1. The van der Waals surface area contributed by atoms with Crippen LogP contribution >= 0.6 is 0 Å².